The lowest BCUT2D eigenvalue weighted by molar-refractivity contribution is -0.124. The molecule has 2 rings (SSSR count). The van der Waals surface area contributed by atoms with Crippen LogP contribution in [-0.4, -0.2) is 60.1 Å². The summed E-state index contributed by atoms with van der Waals surface area (Å²) in [5.41, 5.74) is 6.51. The number of hydrogen-bond donors (Lipinski definition) is 2. The number of carbonyl (C=O) groups excluding carboxylic acids is 1. The van der Waals surface area contributed by atoms with Gasteiger partial charge >= 0.3 is 0 Å². The summed E-state index contributed by atoms with van der Waals surface area (Å²) in [7, 11) is 0. The number of rotatable bonds is 5. The van der Waals surface area contributed by atoms with Crippen molar-refractivity contribution in [1.29, 1.82) is 0 Å². The van der Waals surface area contributed by atoms with Crippen molar-refractivity contribution in [3.8, 4) is 0 Å². The van der Waals surface area contributed by atoms with Crippen LogP contribution in [0.4, 0.5) is 0 Å². The van der Waals surface area contributed by atoms with Crippen LogP contribution >= 0.6 is 0 Å². The van der Waals surface area contributed by atoms with E-state index in [0.717, 1.165) is 31.7 Å². The van der Waals surface area contributed by atoms with Gasteiger partial charge in [0.05, 0.1) is 6.61 Å². The van der Waals surface area contributed by atoms with Crippen LogP contribution in [0.5, 0.6) is 0 Å². The lowest BCUT2D eigenvalue weighted by Gasteiger charge is -2.38. The topological polar surface area (TPSA) is 69.8 Å². The van der Waals surface area contributed by atoms with Crippen molar-refractivity contribution in [2.45, 2.75) is 6.04 Å². The zero-order valence-corrected chi connectivity index (χ0v) is 11.0. The molecular weight excluding hydrogens is 242 g/mol. The fourth-order valence-electron chi connectivity index (χ4n) is 2.58. The molecule has 0 radical (unpaired) electrons. The number of aliphatic hydroxyl groups excluding tert-OH is 1. The van der Waals surface area contributed by atoms with Crippen molar-refractivity contribution in [2.75, 3.05) is 39.3 Å². The Balaban J connectivity index is 2.04. The van der Waals surface area contributed by atoms with Gasteiger partial charge in [0.1, 0.15) is 6.04 Å². The molecule has 0 aliphatic carbocycles. The third-order valence-corrected chi connectivity index (χ3v) is 3.57. The van der Waals surface area contributed by atoms with E-state index in [4.69, 9.17) is 10.8 Å². The highest BCUT2D eigenvalue weighted by Gasteiger charge is 2.28. The van der Waals surface area contributed by atoms with Crippen molar-refractivity contribution in [3.63, 3.8) is 0 Å². The Morgan fingerprint density at radius 1 is 1.21 bits per heavy atom. The fourth-order valence-corrected chi connectivity index (χ4v) is 2.58. The molecule has 104 valence electrons. The number of nitrogens with zero attached hydrogens (tertiary/aromatic N) is 2. The Kier molecular flexibility index (Phi) is 4.90. The number of primary amides is 1. The van der Waals surface area contributed by atoms with Crippen molar-refractivity contribution in [2.24, 2.45) is 5.73 Å². The van der Waals surface area contributed by atoms with Gasteiger partial charge in [-0.1, -0.05) is 30.3 Å². The van der Waals surface area contributed by atoms with Crippen LogP contribution in [0.3, 0.4) is 0 Å². The molecule has 19 heavy (non-hydrogen) atoms. The van der Waals surface area contributed by atoms with Crippen LogP contribution in [0.15, 0.2) is 30.3 Å². The van der Waals surface area contributed by atoms with Crippen LogP contribution < -0.4 is 5.73 Å². The molecule has 1 heterocycles. The van der Waals surface area contributed by atoms with E-state index in [0.29, 0.717) is 6.54 Å². The zero-order chi connectivity index (χ0) is 13.7. The molecular formula is C14H21N3O2. The van der Waals surface area contributed by atoms with Gasteiger partial charge in [-0.15, -0.1) is 0 Å². The van der Waals surface area contributed by atoms with Gasteiger partial charge in [0, 0.05) is 32.7 Å². The summed E-state index contributed by atoms with van der Waals surface area (Å²) >= 11 is 0. The highest BCUT2D eigenvalue weighted by molar-refractivity contribution is 5.81. The molecule has 0 saturated carbocycles. The summed E-state index contributed by atoms with van der Waals surface area (Å²) in [4.78, 5) is 16.0. The van der Waals surface area contributed by atoms with E-state index < -0.39 is 0 Å². The normalized spacial score (nSPS) is 19.2. The number of amides is 1. The smallest absolute Gasteiger partial charge is 0.239 e. The molecule has 1 fully saturated rings. The molecule has 5 nitrogen and oxygen atoms in total. The lowest BCUT2D eigenvalue weighted by Crippen LogP contribution is -2.50. The van der Waals surface area contributed by atoms with Crippen molar-refractivity contribution in [3.05, 3.63) is 35.9 Å². The summed E-state index contributed by atoms with van der Waals surface area (Å²) < 4.78 is 0. The predicted molar refractivity (Wildman–Crippen MR) is 73.5 cm³/mol. The Morgan fingerprint density at radius 3 is 2.37 bits per heavy atom. The summed E-state index contributed by atoms with van der Waals surface area (Å²) in [6.45, 7) is 4.18. The first-order valence-corrected chi connectivity index (χ1v) is 6.64. The molecule has 3 N–H and O–H groups in total. The predicted octanol–water partition coefficient (Wildman–Crippen LogP) is -0.177. The fraction of sp³-hybridized carbons (Fsp3) is 0.500. The van der Waals surface area contributed by atoms with Gasteiger partial charge in [-0.05, 0) is 5.56 Å². The molecule has 1 unspecified atom stereocenters. The van der Waals surface area contributed by atoms with Crippen molar-refractivity contribution >= 4 is 5.91 Å². The van der Waals surface area contributed by atoms with Crippen LogP contribution in [0.2, 0.25) is 0 Å². The minimum atomic E-state index is -0.350. The molecule has 0 aromatic heterocycles. The number of hydrogen-bond acceptors (Lipinski definition) is 4. The SMILES string of the molecule is NC(=O)C(c1ccccc1)N1CCN(CCO)CC1. The average Bonchev–Trinajstić information content (AvgIpc) is 2.42. The van der Waals surface area contributed by atoms with Gasteiger partial charge in [-0.3, -0.25) is 14.6 Å². The van der Waals surface area contributed by atoms with Crippen molar-refractivity contribution in [1.82, 2.24) is 9.80 Å². The molecule has 1 amide bonds. The second-order valence-electron chi connectivity index (χ2n) is 4.82. The van der Waals surface area contributed by atoms with E-state index in [2.05, 4.69) is 9.80 Å². The molecule has 1 saturated heterocycles. The largest absolute Gasteiger partial charge is 0.395 e. The van der Waals surface area contributed by atoms with Crippen LogP contribution in [-0.2, 0) is 4.79 Å². The Morgan fingerprint density at radius 2 is 1.84 bits per heavy atom. The van der Waals surface area contributed by atoms with E-state index in [-0.39, 0.29) is 18.6 Å². The first kappa shape index (κ1) is 14.0. The molecule has 0 bridgehead atoms. The lowest BCUT2D eigenvalue weighted by atomic mass is 10.0. The van der Waals surface area contributed by atoms with E-state index in [9.17, 15) is 4.79 Å². The average molecular weight is 263 g/mol. The maximum Gasteiger partial charge on any atom is 0.239 e. The van der Waals surface area contributed by atoms with Crippen LogP contribution in [0, 0.1) is 0 Å². The maximum absolute atomic E-state index is 11.7. The summed E-state index contributed by atoms with van der Waals surface area (Å²) in [5, 5.41) is 8.93. The second kappa shape index (κ2) is 6.65. The van der Waals surface area contributed by atoms with E-state index in [1.165, 1.54) is 0 Å². The highest BCUT2D eigenvalue weighted by atomic mass is 16.3. The summed E-state index contributed by atoms with van der Waals surface area (Å²) in [6.07, 6.45) is 0. The van der Waals surface area contributed by atoms with Gasteiger partial charge in [0.25, 0.3) is 0 Å². The third-order valence-electron chi connectivity index (χ3n) is 3.57. The molecule has 1 aromatic rings. The number of aliphatic hydroxyl groups is 1. The zero-order valence-electron chi connectivity index (χ0n) is 11.0. The molecule has 5 heteroatoms. The van der Waals surface area contributed by atoms with Gasteiger partial charge in [0.15, 0.2) is 0 Å². The molecule has 0 spiro atoms. The van der Waals surface area contributed by atoms with Crippen LogP contribution in [0.1, 0.15) is 11.6 Å². The summed E-state index contributed by atoms with van der Waals surface area (Å²) in [5.74, 6) is -0.304. The quantitative estimate of drug-likeness (QED) is 0.773. The maximum atomic E-state index is 11.7. The van der Waals surface area contributed by atoms with Crippen LogP contribution in [0.25, 0.3) is 0 Å². The minimum absolute atomic E-state index is 0.179. The van der Waals surface area contributed by atoms with Gasteiger partial charge in [-0.25, -0.2) is 0 Å². The van der Waals surface area contributed by atoms with E-state index in [1.807, 2.05) is 30.3 Å². The Labute approximate surface area is 113 Å². The molecule has 1 atom stereocenters. The van der Waals surface area contributed by atoms with Gasteiger partial charge in [0.2, 0.25) is 5.91 Å². The first-order chi connectivity index (χ1) is 9.22. The first-order valence-electron chi connectivity index (χ1n) is 6.64. The molecule has 1 aromatic carbocycles. The van der Waals surface area contributed by atoms with E-state index in [1.54, 1.807) is 0 Å². The third kappa shape index (κ3) is 3.53. The van der Waals surface area contributed by atoms with Gasteiger partial charge < -0.3 is 10.8 Å². The number of carbonyl (C=O) groups is 1. The minimum Gasteiger partial charge on any atom is -0.395 e. The second-order valence-corrected chi connectivity index (χ2v) is 4.82. The standard InChI is InChI=1S/C14H21N3O2/c15-14(19)13(12-4-2-1-3-5-12)17-8-6-16(7-9-17)10-11-18/h1-5,13,18H,6-11H2,(H2,15,19). The number of nitrogens with two attached hydrogens (primary N) is 1. The Hall–Kier alpha value is -1.43. The van der Waals surface area contributed by atoms with Crippen molar-refractivity contribution < 1.29 is 9.90 Å². The number of benzene rings is 1. The monoisotopic (exact) mass is 263 g/mol. The molecule has 1 aliphatic heterocycles. The summed E-state index contributed by atoms with van der Waals surface area (Å²) in [6, 6.07) is 9.31. The number of piperazine rings is 1. The Bertz CT molecular complexity index is 402. The highest BCUT2D eigenvalue weighted by Crippen LogP contribution is 2.21. The van der Waals surface area contributed by atoms with E-state index >= 15 is 0 Å². The van der Waals surface area contributed by atoms with Gasteiger partial charge in [-0.2, -0.15) is 0 Å². The number of β-amino-alcohol motifs (C(OH)–C–C–N with tert-alkyl or cyclic N) is 1. The molecule has 1 aliphatic rings.